The van der Waals surface area contributed by atoms with Gasteiger partial charge in [0.1, 0.15) is 17.2 Å². The summed E-state index contributed by atoms with van der Waals surface area (Å²) in [5.74, 6) is -3.28. The van der Waals surface area contributed by atoms with Crippen LogP contribution in [0.1, 0.15) is 0 Å². The summed E-state index contributed by atoms with van der Waals surface area (Å²) >= 11 is 6.19. The lowest BCUT2D eigenvalue weighted by Gasteiger charge is -2.32. The zero-order valence-corrected chi connectivity index (χ0v) is 20.0. The van der Waals surface area contributed by atoms with Crippen LogP contribution in [-0.4, -0.2) is 60.5 Å². The van der Waals surface area contributed by atoms with Crippen molar-refractivity contribution < 1.29 is 49.5 Å². The Bertz CT molecular complexity index is 1210. The Morgan fingerprint density at radius 3 is 2.42 bits per heavy atom. The Morgan fingerprint density at radius 2 is 1.83 bits per heavy atom. The number of hydrogen-bond acceptors (Lipinski definition) is 8. The number of sulfonamides is 1. The Kier molecular flexibility index (Phi) is 8.36. The standard InChI is InChI=1S/C20H19ClF5N3O6S/c1-33-17-10-14(21)15(11-16(17)28-7-5-27-6-8-28)29(35-18(30)20(24,25)26)36(31,32)13-4-2-3-12(9-13)34-19(22)23/h2-4,9-11,19,27H,5-8H2,1H3. The first-order valence-electron chi connectivity index (χ1n) is 10.1. The molecule has 0 aliphatic carbocycles. The van der Waals surface area contributed by atoms with Crippen molar-refractivity contribution in [2.45, 2.75) is 17.7 Å². The van der Waals surface area contributed by atoms with Gasteiger partial charge in [-0.05, 0) is 18.2 Å². The van der Waals surface area contributed by atoms with Gasteiger partial charge in [0.2, 0.25) is 0 Å². The Hall–Kier alpha value is -3.04. The Morgan fingerprint density at radius 1 is 1.17 bits per heavy atom. The first-order valence-corrected chi connectivity index (χ1v) is 11.9. The number of piperazine rings is 1. The number of anilines is 2. The van der Waals surface area contributed by atoms with E-state index in [0.29, 0.717) is 32.2 Å². The van der Waals surface area contributed by atoms with Gasteiger partial charge in [0, 0.05) is 38.3 Å². The molecule has 0 amide bonds. The van der Waals surface area contributed by atoms with E-state index in [1.807, 2.05) is 0 Å². The lowest BCUT2D eigenvalue weighted by atomic mass is 10.2. The molecule has 0 spiro atoms. The topological polar surface area (TPSA) is 97.4 Å². The third-order valence-electron chi connectivity index (χ3n) is 4.85. The molecule has 3 rings (SSSR count). The van der Waals surface area contributed by atoms with Crippen molar-refractivity contribution >= 4 is 39.0 Å². The highest BCUT2D eigenvalue weighted by Crippen LogP contribution is 2.41. The number of ether oxygens (including phenoxy) is 2. The Balaban J connectivity index is 2.17. The van der Waals surface area contributed by atoms with Gasteiger partial charge in [-0.1, -0.05) is 22.1 Å². The maximum absolute atomic E-state index is 13.4. The van der Waals surface area contributed by atoms with Crippen molar-refractivity contribution in [3.8, 4) is 11.5 Å². The van der Waals surface area contributed by atoms with Crippen molar-refractivity contribution in [3.63, 3.8) is 0 Å². The van der Waals surface area contributed by atoms with Gasteiger partial charge in [0.05, 0.1) is 22.7 Å². The molecule has 16 heteroatoms. The number of halogens is 6. The normalized spacial score (nSPS) is 14.5. The lowest BCUT2D eigenvalue weighted by molar-refractivity contribution is -0.199. The van der Waals surface area contributed by atoms with E-state index in [-0.39, 0.29) is 15.9 Å². The maximum atomic E-state index is 13.4. The number of benzene rings is 2. The molecule has 1 aliphatic rings. The van der Waals surface area contributed by atoms with Crippen LogP contribution in [-0.2, 0) is 19.7 Å². The summed E-state index contributed by atoms with van der Waals surface area (Å²) in [5, 5.41) is 2.66. The molecule has 0 atom stereocenters. The third kappa shape index (κ3) is 6.20. The average Bonchev–Trinajstić information content (AvgIpc) is 2.82. The van der Waals surface area contributed by atoms with Crippen LogP contribution in [0.25, 0.3) is 0 Å². The van der Waals surface area contributed by atoms with Gasteiger partial charge in [-0.15, -0.1) is 0 Å². The number of hydrogen-bond donors (Lipinski definition) is 1. The summed E-state index contributed by atoms with van der Waals surface area (Å²) in [4.78, 5) is 16.9. The van der Waals surface area contributed by atoms with E-state index in [2.05, 4.69) is 14.9 Å². The Labute approximate surface area is 207 Å². The van der Waals surface area contributed by atoms with Crippen molar-refractivity contribution in [3.05, 3.63) is 41.4 Å². The second-order valence-electron chi connectivity index (χ2n) is 7.17. The third-order valence-corrected chi connectivity index (χ3v) is 6.71. The van der Waals surface area contributed by atoms with Gasteiger partial charge in [0.25, 0.3) is 10.0 Å². The van der Waals surface area contributed by atoms with E-state index in [1.54, 1.807) is 4.90 Å². The van der Waals surface area contributed by atoms with Crippen molar-refractivity contribution in [2.24, 2.45) is 0 Å². The molecule has 0 saturated carbocycles. The number of alkyl halides is 5. The van der Waals surface area contributed by atoms with Crippen LogP contribution in [0, 0.1) is 0 Å². The zero-order chi connectivity index (χ0) is 26.7. The smallest absolute Gasteiger partial charge is 0.493 e. The second-order valence-corrected chi connectivity index (χ2v) is 9.33. The molecular weight excluding hydrogens is 541 g/mol. The molecule has 1 N–H and O–H groups in total. The monoisotopic (exact) mass is 559 g/mol. The quantitative estimate of drug-likeness (QED) is 0.387. The highest BCUT2D eigenvalue weighted by Gasteiger charge is 2.45. The summed E-state index contributed by atoms with van der Waals surface area (Å²) in [6.07, 6.45) is -5.57. The predicted molar refractivity (Wildman–Crippen MR) is 118 cm³/mol. The van der Waals surface area contributed by atoms with Crippen LogP contribution in [0.2, 0.25) is 5.02 Å². The van der Waals surface area contributed by atoms with Crippen molar-refractivity contribution in [1.82, 2.24) is 5.32 Å². The number of methoxy groups -OCH3 is 1. The minimum absolute atomic E-state index is 0.178. The summed E-state index contributed by atoms with van der Waals surface area (Å²) in [7, 11) is -3.84. The molecular formula is C20H19ClF5N3O6S. The van der Waals surface area contributed by atoms with E-state index in [0.717, 1.165) is 30.3 Å². The fourth-order valence-corrected chi connectivity index (χ4v) is 4.81. The number of nitrogens with zero attached hydrogens (tertiary/aromatic N) is 2. The van der Waals surface area contributed by atoms with Crippen LogP contribution in [0.15, 0.2) is 41.3 Å². The molecule has 1 heterocycles. The summed E-state index contributed by atoms with van der Waals surface area (Å²) < 4.78 is 100. The SMILES string of the molecule is COc1cc(Cl)c(N(OC(=O)C(F)(F)F)S(=O)(=O)c2cccc(OC(F)F)c2)cc1N1CCNCC1. The van der Waals surface area contributed by atoms with E-state index in [9.17, 15) is 35.2 Å². The zero-order valence-electron chi connectivity index (χ0n) is 18.4. The molecule has 198 valence electrons. The van der Waals surface area contributed by atoms with Gasteiger partial charge < -0.3 is 24.5 Å². The van der Waals surface area contributed by atoms with Gasteiger partial charge in [-0.2, -0.15) is 30.4 Å². The van der Waals surface area contributed by atoms with Gasteiger partial charge in [-0.3, -0.25) is 0 Å². The fraction of sp³-hybridized carbons (Fsp3) is 0.350. The first-order chi connectivity index (χ1) is 16.8. The largest absolute Gasteiger partial charge is 0.495 e. The van der Waals surface area contributed by atoms with Crippen LogP contribution < -0.4 is 24.2 Å². The fourth-order valence-electron chi connectivity index (χ4n) is 3.25. The van der Waals surface area contributed by atoms with Crippen molar-refractivity contribution in [2.75, 3.05) is 42.7 Å². The average molecular weight is 560 g/mol. The highest BCUT2D eigenvalue weighted by molar-refractivity contribution is 7.92. The van der Waals surface area contributed by atoms with E-state index >= 15 is 0 Å². The van der Waals surface area contributed by atoms with Gasteiger partial charge >= 0.3 is 18.8 Å². The van der Waals surface area contributed by atoms with Gasteiger partial charge in [0.15, 0.2) is 0 Å². The minimum Gasteiger partial charge on any atom is -0.495 e. The molecule has 0 unspecified atom stereocenters. The molecule has 1 fully saturated rings. The number of rotatable bonds is 8. The molecule has 0 bridgehead atoms. The van der Waals surface area contributed by atoms with E-state index < -0.39 is 50.1 Å². The molecule has 2 aromatic rings. The second kappa shape index (κ2) is 10.9. The van der Waals surface area contributed by atoms with Crippen LogP contribution >= 0.6 is 11.6 Å². The summed E-state index contributed by atoms with van der Waals surface area (Å²) in [6.45, 7) is -1.36. The highest BCUT2D eigenvalue weighted by atomic mass is 35.5. The molecule has 2 aromatic carbocycles. The predicted octanol–water partition coefficient (Wildman–Crippen LogP) is 3.58. The molecule has 1 saturated heterocycles. The van der Waals surface area contributed by atoms with Crippen LogP contribution in [0.3, 0.4) is 0 Å². The van der Waals surface area contributed by atoms with E-state index in [1.165, 1.54) is 7.11 Å². The first kappa shape index (κ1) is 27.5. The van der Waals surface area contributed by atoms with Crippen LogP contribution in [0.5, 0.6) is 11.5 Å². The molecule has 0 radical (unpaired) electrons. The molecule has 9 nitrogen and oxygen atoms in total. The minimum atomic E-state index is -5.57. The van der Waals surface area contributed by atoms with Crippen molar-refractivity contribution in [1.29, 1.82) is 0 Å². The van der Waals surface area contributed by atoms with E-state index in [4.69, 9.17) is 16.3 Å². The summed E-state index contributed by atoms with van der Waals surface area (Å²) in [6, 6.07) is 5.76. The lowest BCUT2D eigenvalue weighted by Crippen LogP contribution is -2.44. The van der Waals surface area contributed by atoms with Crippen LogP contribution in [0.4, 0.5) is 33.3 Å². The molecule has 0 aromatic heterocycles. The van der Waals surface area contributed by atoms with Gasteiger partial charge in [-0.25, -0.2) is 4.79 Å². The molecule has 36 heavy (non-hydrogen) atoms. The number of nitrogens with one attached hydrogen (secondary N) is 1. The number of carbonyl (C=O) groups is 1. The molecule has 1 aliphatic heterocycles. The summed E-state index contributed by atoms with van der Waals surface area (Å²) in [5.41, 5.74) is -0.389. The maximum Gasteiger partial charge on any atom is 0.493 e. The number of carbonyl (C=O) groups excluding carboxylic acids is 1.